The van der Waals surface area contributed by atoms with Crippen LogP contribution in [0.3, 0.4) is 0 Å². The minimum absolute atomic E-state index is 0.152. The van der Waals surface area contributed by atoms with E-state index in [9.17, 15) is 0 Å². The Labute approximate surface area is 137 Å². The highest BCUT2D eigenvalue weighted by atomic mass is 32.1. The summed E-state index contributed by atoms with van der Waals surface area (Å²) >= 11 is 1.77. The van der Waals surface area contributed by atoms with E-state index in [4.69, 9.17) is 4.74 Å². The third kappa shape index (κ3) is 3.40. The first kappa shape index (κ1) is 15.7. The maximum absolute atomic E-state index is 5.75. The van der Waals surface area contributed by atoms with Gasteiger partial charge in [0, 0.05) is 30.0 Å². The average molecular weight is 316 g/mol. The molecule has 1 atom stereocenters. The standard InChI is InChI=1S/C18H24N2OS/c1-15-17(22-14-19-15)8-10-20(2)12-18(9-11-21-13-18)16-6-4-3-5-7-16/h3-7,14H,8-13H2,1-2H3/t18-/m1/s1. The molecule has 0 aliphatic carbocycles. The Balaban J connectivity index is 1.65. The van der Waals surface area contributed by atoms with E-state index in [1.54, 1.807) is 11.3 Å². The Morgan fingerprint density at radius 2 is 2.14 bits per heavy atom. The summed E-state index contributed by atoms with van der Waals surface area (Å²) in [7, 11) is 2.22. The highest BCUT2D eigenvalue weighted by Gasteiger charge is 2.37. The van der Waals surface area contributed by atoms with Crippen molar-refractivity contribution in [2.45, 2.75) is 25.2 Å². The van der Waals surface area contributed by atoms with Gasteiger partial charge in [0.15, 0.2) is 0 Å². The third-order valence-corrected chi connectivity index (χ3v) is 5.62. The molecule has 22 heavy (non-hydrogen) atoms. The first-order chi connectivity index (χ1) is 10.7. The highest BCUT2D eigenvalue weighted by molar-refractivity contribution is 7.09. The Kier molecular flexibility index (Phi) is 4.91. The number of hydrogen-bond donors (Lipinski definition) is 0. The number of rotatable bonds is 6. The summed E-state index contributed by atoms with van der Waals surface area (Å²) in [4.78, 5) is 8.19. The van der Waals surface area contributed by atoms with Crippen molar-refractivity contribution in [1.29, 1.82) is 0 Å². The van der Waals surface area contributed by atoms with E-state index in [-0.39, 0.29) is 5.41 Å². The molecule has 1 aliphatic rings. The van der Waals surface area contributed by atoms with Gasteiger partial charge in [-0.15, -0.1) is 11.3 Å². The Morgan fingerprint density at radius 1 is 1.32 bits per heavy atom. The first-order valence-electron chi connectivity index (χ1n) is 7.90. The fraction of sp³-hybridized carbons (Fsp3) is 0.500. The molecule has 1 fully saturated rings. The number of likely N-dealkylation sites (N-methyl/N-ethyl adjacent to an activating group) is 1. The van der Waals surface area contributed by atoms with Crippen LogP contribution in [0.1, 0.15) is 22.6 Å². The van der Waals surface area contributed by atoms with Crippen LogP contribution in [-0.2, 0) is 16.6 Å². The quantitative estimate of drug-likeness (QED) is 0.818. The second kappa shape index (κ2) is 6.90. The summed E-state index contributed by atoms with van der Waals surface area (Å²) in [5, 5.41) is 0. The second-order valence-corrected chi connectivity index (χ2v) is 7.24. The van der Waals surface area contributed by atoms with Gasteiger partial charge >= 0.3 is 0 Å². The predicted molar refractivity (Wildman–Crippen MR) is 91.6 cm³/mol. The molecule has 4 heteroatoms. The van der Waals surface area contributed by atoms with Crippen molar-refractivity contribution in [2.24, 2.45) is 0 Å². The van der Waals surface area contributed by atoms with Crippen molar-refractivity contribution in [1.82, 2.24) is 9.88 Å². The van der Waals surface area contributed by atoms with E-state index < -0.39 is 0 Å². The zero-order valence-electron chi connectivity index (χ0n) is 13.4. The van der Waals surface area contributed by atoms with Gasteiger partial charge < -0.3 is 9.64 Å². The number of ether oxygens (including phenoxy) is 1. The fourth-order valence-corrected chi connectivity index (χ4v) is 4.07. The van der Waals surface area contributed by atoms with Crippen LogP contribution in [0.5, 0.6) is 0 Å². The molecule has 0 radical (unpaired) electrons. The lowest BCUT2D eigenvalue weighted by molar-refractivity contribution is 0.159. The number of benzene rings is 1. The predicted octanol–water partition coefficient (Wildman–Crippen LogP) is 3.28. The van der Waals surface area contributed by atoms with Crippen LogP contribution in [-0.4, -0.2) is 43.2 Å². The molecule has 0 unspecified atom stereocenters. The Hall–Kier alpha value is -1.23. The smallest absolute Gasteiger partial charge is 0.0797 e. The normalized spacial score (nSPS) is 21.6. The van der Waals surface area contributed by atoms with Crippen LogP contribution >= 0.6 is 11.3 Å². The van der Waals surface area contributed by atoms with Crippen molar-refractivity contribution >= 4 is 11.3 Å². The lowest BCUT2D eigenvalue weighted by atomic mass is 9.79. The van der Waals surface area contributed by atoms with E-state index in [1.165, 1.54) is 16.1 Å². The zero-order chi connectivity index (χ0) is 15.4. The van der Waals surface area contributed by atoms with Crippen molar-refractivity contribution in [3.63, 3.8) is 0 Å². The molecule has 0 spiro atoms. The molecule has 3 nitrogen and oxygen atoms in total. The number of nitrogens with zero attached hydrogens (tertiary/aromatic N) is 2. The van der Waals surface area contributed by atoms with Crippen LogP contribution in [0.2, 0.25) is 0 Å². The molecular weight excluding hydrogens is 292 g/mol. The number of thiazole rings is 1. The summed E-state index contributed by atoms with van der Waals surface area (Å²) in [5.74, 6) is 0. The van der Waals surface area contributed by atoms with Crippen LogP contribution < -0.4 is 0 Å². The molecule has 118 valence electrons. The molecule has 1 aliphatic heterocycles. The zero-order valence-corrected chi connectivity index (χ0v) is 14.2. The molecule has 3 rings (SSSR count). The monoisotopic (exact) mass is 316 g/mol. The van der Waals surface area contributed by atoms with Crippen molar-refractivity contribution in [2.75, 3.05) is 33.4 Å². The van der Waals surface area contributed by atoms with Gasteiger partial charge in [-0.3, -0.25) is 0 Å². The van der Waals surface area contributed by atoms with Gasteiger partial charge in [-0.25, -0.2) is 4.98 Å². The molecule has 1 saturated heterocycles. The summed E-state index contributed by atoms with van der Waals surface area (Å²) in [6.07, 6.45) is 2.19. The minimum atomic E-state index is 0.152. The third-order valence-electron chi connectivity index (χ3n) is 4.63. The maximum Gasteiger partial charge on any atom is 0.0797 e. The second-order valence-electron chi connectivity index (χ2n) is 6.30. The lowest BCUT2D eigenvalue weighted by Gasteiger charge is -2.33. The molecule has 2 heterocycles. The van der Waals surface area contributed by atoms with Crippen LogP contribution in [0, 0.1) is 6.92 Å². The number of aryl methyl sites for hydroxylation is 1. The largest absolute Gasteiger partial charge is 0.380 e. The van der Waals surface area contributed by atoms with Crippen LogP contribution in [0.15, 0.2) is 35.8 Å². The first-order valence-corrected chi connectivity index (χ1v) is 8.78. The van der Waals surface area contributed by atoms with E-state index >= 15 is 0 Å². The van der Waals surface area contributed by atoms with E-state index in [1.807, 2.05) is 5.51 Å². The van der Waals surface area contributed by atoms with E-state index in [0.29, 0.717) is 0 Å². The van der Waals surface area contributed by atoms with Gasteiger partial charge in [0.05, 0.1) is 17.8 Å². The molecule has 0 saturated carbocycles. The fourth-order valence-electron chi connectivity index (χ4n) is 3.30. The number of aromatic nitrogens is 1. The average Bonchev–Trinajstić information content (AvgIpc) is 3.16. The van der Waals surface area contributed by atoms with E-state index in [0.717, 1.165) is 39.1 Å². The van der Waals surface area contributed by atoms with Crippen molar-refractivity contribution < 1.29 is 4.74 Å². The van der Waals surface area contributed by atoms with Gasteiger partial charge in [0.1, 0.15) is 0 Å². The Morgan fingerprint density at radius 3 is 2.77 bits per heavy atom. The summed E-state index contributed by atoms with van der Waals surface area (Å²) in [6, 6.07) is 10.8. The summed E-state index contributed by atoms with van der Waals surface area (Å²) in [5.41, 5.74) is 4.69. The van der Waals surface area contributed by atoms with Crippen LogP contribution in [0.4, 0.5) is 0 Å². The SMILES string of the molecule is Cc1ncsc1CCN(C)C[C@]1(c2ccccc2)CCOC1. The van der Waals surface area contributed by atoms with Gasteiger partial charge in [0.25, 0.3) is 0 Å². The van der Waals surface area contributed by atoms with Gasteiger partial charge in [-0.05, 0) is 32.4 Å². The highest BCUT2D eigenvalue weighted by Crippen LogP contribution is 2.34. The van der Waals surface area contributed by atoms with Gasteiger partial charge in [0.2, 0.25) is 0 Å². The minimum Gasteiger partial charge on any atom is -0.380 e. The molecule has 1 aromatic carbocycles. The summed E-state index contributed by atoms with van der Waals surface area (Å²) < 4.78 is 5.75. The lowest BCUT2D eigenvalue weighted by Crippen LogP contribution is -2.40. The molecule has 1 aromatic heterocycles. The van der Waals surface area contributed by atoms with Gasteiger partial charge in [-0.2, -0.15) is 0 Å². The number of hydrogen-bond acceptors (Lipinski definition) is 4. The van der Waals surface area contributed by atoms with Crippen molar-refractivity contribution in [3.05, 3.63) is 52.0 Å². The van der Waals surface area contributed by atoms with E-state index in [2.05, 4.69) is 54.2 Å². The molecular formula is C18H24N2OS. The maximum atomic E-state index is 5.75. The molecule has 0 N–H and O–H groups in total. The topological polar surface area (TPSA) is 25.4 Å². The Bertz CT molecular complexity index is 590. The van der Waals surface area contributed by atoms with Gasteiger partial charge in [-0.1, -0.05) is 30.3 Å². The molecule has 2 aromatic rings. The molecule has 0 amide bonds. The van der Waals surface area contributed by atoms with Crippen LogP contribution in [0.25, 0.3) is 0 Å². The summed E-state index contributed by atoms with van der Waals surface area (Å²) in [6.45, 7) is 5.92. The molecule has 0 bridgehead atoms. The van der Waals surface area contributed by atoms with Crippen molar-refractivity contribution in [3.8, 4) is 0 Å².